The quantitative estimate of drug-likeness (QED) is 0.652. The molecule has 0 spiro atoms. The van der Waals surface area contributed by atoms with E-state index in [1.165, 1.54) is 17.3 Å². The molecule has 154 valence electrons. The number of aromatic nitrogens is 4. The summed E-state index contributed by atoms with van der Waals surface area (Å²) in [5.41, 5.74) is 5.10. The molecular formula is C21H26ClFN6. The highest BCUT2D eigenvalue weighted by Crippen LogP contribution is 2.30. The summed E-state index contributed by atoms with van der Waals surface area (Å²) >= 11 is 0. The van der Waals surface area contributed by atoms with E-state index in [9.17, 15) is 4.39 Å². The van der Waals surface area contributed by atoms with Gasteiger partial charge in [-0.25, -0.2) is 9.37 Å². The second-order valence-electron chi connectivity index (χ2n) is 7.33. The zero-order valence-electron chi connectivity index (χ0n) is 17.0. The van der Waals surface area contributed by atoms with Gasteiger partial charge in [0, 0.05) is 69.0 Å². The number of piperazine rings is 1. The van der Waals surface area contributed by atoms with Gasteiger partial charge in [0.25, 0.3) is 0 Å². The molecule has 1 fully saturated rings. The summed E-state index contributed by atoms with van der Waals surface area (Å²) in [6, 6.07) is 4.82. The van der Waals surface area contributed by atoms with Crippen LogP contribution in [0.2, 0.25) is 0 Å². The van der Waals surface area contributed by atoms with E-state index >= 15 is 0 Å². The molecule has 4 rings (SSSR count). The van der Waals surface area contributed by atoms with Gasteiger partial charge in [0.05, 0.1) is 6.20 Å². The lowest BCUT2D eigenvalue weighted by Crippen LogP contribution is -2.46. The van der Waals surface area contributed by atoms with E-state index < -0.39 is 0 Å². The van der Waals surface area contributed by atoms with Crippen molar-refractivity contribution in [3.05, 3.63) is 59.4 Å². The van der Waals surface area contributed by atoms with Gasteiger partial charge in [-0.3, -0.25) is 14.6 Å². The average molecular weight is 417 g/mol. The smallest absolute Gasteiger partial charge is 0.155 e. The molecule has 29 heavy (non-hydrogen) atoms. The number of nitrogens with zero attached hydrogens (tertiary/aromatic N) is 6. The van der Waals surface area contributed by atoms with Gasteiger partial charge in [0.2, 0.25) is 0 Å². The molecule has 0 amide bonds. The zero-order valence-corrected chi connectivity index (χ0v) is 17.8. The number of benzene rings is 1. The number of hydrogen-bond acceptors (Lipinski definition) is 5. The predicted molar refractivity (Wildman–Crippen MR) is 115 cm³/mol. The van der Waals surface area contributed by atoms with Crippen molar-refractivity contribution in [2.45, 2.75) is 20.4 Å². The highest BCUT2D eigenvalue weighted by molar-refractivity contribution is 5.85. The molecule has 0 aliphatic carbocycles. The molecule has 6 nitrogen and oxygen atoms in total. The maximum atomic E-state index is 13.5. The van der Waals surface area contributed by atoms with Crippen LogP contribution < -0.4 is 4.90 Å². The predicted octanol–water partition coefficient (Wildman–Crippen LogP) is 3.38. The molecule has 8 heteroatoms. The van der Waals surface area contributed by atoms with E-state index in [4.69, 9.17) is 0 Å². The fraction of sp³-hybridized carbons (Fsp3) is 0.381. The van der Waals surface area contributed by atoms with Crippen molar-refractivity contribution in [2.75, 3.05) is 31.1 Å². The van der Waals surface area contributed by atoms with Crippen LogP contribution in [0.25, 0.3) is 11.3 Å². The molecule has 0 N–H and O–H groups in total. The highest BCUT2D eigenvalue weighted by Gasteiger charge is 2.22. The van der Waals surface area contributed by atoms with Gasteiger partial charge in [-0.15, -0.1) is 12.4 Å². The van der Waals surface area contributed by atoms with Crippen LogP contribution in [0.1, 0.15) is 16.8 Å². The average Bonchev–Trinajstić information content (AvgIpc) is 3.01. The monoisotopic (exact) mass is 416 g/mol. The minimum absolute atomic E-state index is 0. The van der Waals surface area contributed by atoms with Crippen LogP contribution in [0.3, 0.4) is 0 Å². The third-order valence-electron chi connectivity index (χ3n) is 5.53. The van der Waals surface area contributed by atoms with Crippen molar-refractivity contribution in [2.24, 2.45) is 7.05 Å². The summed E-state index contributed by atoms with van der Waals surface area (Å²) in [6.45, 7) is 8.59. The first-order valence-electron chi connectivity index (χ1n) is 9.55. The summed E-state index contributed by atoms with van der Waals surface area (Å²) < 4.78 is 15.4. The van der Waals surface area contributed by atoms with Crippen LogP contribution in [-0.4, -0.2) is 50.8 Å². The Morgan fingerprint density at radius 3 is 2.41 bits per heavy atom. The van der Waals surface area contributed by atoms with Gasteiger partial charge < -0.3 is 4.90 Å². The Kier molecular flexibility index (Phi) is 6.49. The Morgan fingerprint density at radius 2 is 1.76 bits per heavy atom. The summed E-state index contributed by atoms with van der Waals surface area (Å²) in [6.07, 6.45) is 5.38. The van der Waals surface area contributed by atoms with Crippen molar-refractivity contribution in [1.29, 1.82) is 0 Å². The normalized spacial score (nSPS) is 14.7. The van der Waals surface area contributed by atoms with Crippen LogP contribution in [0.15, 0.2) is 36.8 Å². The lowest BCUT2D eigenvalue weighted by molar-refractivity contribution is 0.249. The standard InChI is InChI=1S/C21H25FN6.ClH/c1-15-12-18(22)4-5-19(15)20-21(24-7-6-23-20)28-10-8-27(9-11-28)14-17-13-25-26(3)16(17)2;/h4-7,12-13H,8-11,14H2,1-3H3;1H. The number of halogens is 2. The lowest BCUT2D eigenvalue weighted by Gasteiger charge is -2.36. The van der Waals surface area contributed by atoms with E-state index in [0.717, 1.165) is 55.4 Å². The molecule has 1 saturated heterocycles. The molecule has 0 unspecified atom stereocenters. The lowest BCUT2D eigenvalue weighted by atomic mass is 10.0. The maximum Gasteiger partial charge on any atom is 0.155 e. The second kappa shape index (κ2) is 8.88. The minimum Gasteiger partial charge on any atom is -0.352 e. The number of aryl methyl sites for hydroxylation is 2. The second-order valence-corrected chi connectivity index (χ2v) is 7.33. The van der Waals surface area contributed by atoms with E-state index in [1.807, 2.05) is 24.9 Å². The number of rotatable bonds is 4. The Labute approximate surface area is 176 Å². The van der Waals surface area contributed by atoms with Gasteiger partial charge >= 0.3 is 0 Å². The summed E-state index contributed by atoms with van der Waals surface area (Å²) in [7, 11) is 1.98. The molecule has 2 aromatic heterocycles. The third-order valence-corrected chi connectivity index (χ3v) is 5.53. The largest absolute Gasteiger partial charge is 0.352 e. The number of anilines is 1. The number of hydrogen-bond donors (Lipinski definition) is 0. The fourth-order valence-electron chi connectivity index (χ4n) is 3.70. The van der Waals surface area contributed by atoms with Crippen molar-refractivity contribution >= 4 is 18.2 Å². The van der Waals surface area contributed by atoms with E-state index in [2.05, 4.69) is 31.8 Å². The van der Waals surface area contributed by atoms with Gasteiger partial charge in [0.15, 0.2) is 5.82 Å². The molecule has 3 heterocycles. The molecule has 3 aromatic rings. The third kappa shape index (κ3) is 4.41. The first-order valence-corrected chi connectivity index (χ1v) is 9.55. The molecule has 0 atom stereocenters. The topological polar surface area (TPSA) is 50.1 Å². The Morgan fingerprint density at radius 1 is 1.03 bits per heavy atom. The molecule has 1 aliphatic rings. The molecule has 1 aromatic carbocycles. The summed E-state index contributed by atoms with van der Waals surface area (Å²) in [4.78, 5) is 13.9. The summed E-state index contributed by atoms with van der Waals surface area (Å²) in [5.74, 6) is 0.639. The van der Waals surface area contributed by atoms with Gasteiger partial charge in [0.1, 0.15) is 11.5 Å². The first kappa shape index (κ1) is 21.2. The van der Waals surface area contributed by atoms with Gasteiger partial charge in [-0.2, -0.15) is 5.10 Å². The highest BCUT2D eigenvalue weighted by atomic mass is 35.5. The fourth-order valence-corrected chi connectivity index (χ4v) is 3.70. The molecular weight excluding hydrogens is 391 g/mol. The van der Waals surface area contributed by atoms with Crippen LogP contribution in [0.4, 0.5) is 10.2 Å². The Balaban J connectivity index is 0.00000240. The summed E-state index contributed by atoms with van der Waals surface area (Å²) in [5, 5.41) is 4.34. The maximum absolute atomic E-state index is 13.5. The van der Waals surface area contributed by atoms with Gasteiger partial charge in [-0.1, -0.05) is 0 Å². The van der Waals surface area contributed by atoms with Gasteiger partial charge in [-0.05, 0) is 37.6 Å². The SMILES string of the molecule is Cc1cc(F)ccc1-c1nccnc1N1CCN(Cc2cnn(C)c2C)CC1.Cl. The van der Waals surface area contributed by atoms with Crippen LogP contribution in [0, 0.1) is 19.7 Å². The van der Waals surface area contributed by atoms with Crippen molar-refractivity contribution < 1.29 is 4.39 Å². The van der Waals surface area contributed by atoms with E-state index in [-0.39, 0.29) is 18.2 Å². The van der Waals surface area contributed by atoms with E-state index in [1.54, 1.807) is 24.5 Å². The van der Waals surface area contributed by atoms with Crippen LogP contribution in [0.5, 0.6) is 0 Å². The van der Waals surface area contributed by atoms with Crippen molar-refractivity contribution in [3.63, 3.8) is 0 Å². The molecule has 1 aliphatic heterocycles. The van der Waals surface area contributed by atoms with Crippen LogP contribution in [-0.2, 0) is 13.6 Å². The molecule has 0 bridgehead atoms. The minimum atomic E-state index is -0.231. The Bertz CT molecular complexity index is 981. The molecule has 0 saturated carbocycles. The Hall–Kier alpha value is -2.51. The first-order chi connectivity index (χ1) is 13.5. The molecule has 0 radical (unpaired) electrons. The van der Waals surface area contributed by atoms with Crippen LogP contribution >= 0.6 is 12.4 Å². The van der Waals surface area contributed by atoms with Crippen molar-refractivity contribution in [1.82, 2.24) is 24.6 Å². The van der Waals surface area contributed by atoms with E-state index in [0.29, 0.717) is 0 Å². The zero-order chi connectivity index (χ0) is 19.7. The van der Waals surface area contributed by atoms with Crippen molar-refractivity contribution in [3.8, 4) is 11.3 Å².